The van der Waals surface area contributed by atoms with Gasteiger partial charge in [-0.3, -0.25) is 9.78 Å². The molecule has 0 bridgehead atoms. The summed E-state index contributed by atoms with van der Waals surface area (Å²) in [5.41, 5.74) is 1.49. The van der Waals surface area contributed by atoms with Gasteiger partial charge in [-0.25, -0.2) is 4.79 Å². The maximum Gasteiger partial charge on any atom is 0.326 e. The Hall–Kier alpha value is -2.53. The van der Waals surface area contributed by atoms with Gasteiger partial charge < -0.3 is 10.3 Å². The number of aromatic nitrogens is 2. The first-order valence-electron chi connectivity index (χ1n) is 6.36. The summed E-state index contributed by atoms with van der Waals surface area (Å²) in [4.78, 5) is 27.7. The molecule has 3 rings (SSSR count). The van der Waals surface area contributed by atoms with E-state index in [-0.39, 0.29) is 0 Å². The zero-order valence-electron chi connectivity index (χ0n) is 10.9. The molecule has 1 heterocycles. The number of H-pyrrole nitrogens is 2. The van der Waals surface area contributed by atoms with E-state index in [0.717, 1.165) is 11.3 Å². The van der Waals surface area contributed by atoms with Gasteiger partial charge in [-0.05, 0) is 35.9 Å². The Kier molecular flexibility index (Phi) is 3.50. The zero-order chi connectivity index (χ0) is 14.8. The van der Waals surface area contributed by atoms with Gasteiger partial charge in [0.1, 0.15) is 0 Å². The zero-order valence-corrected chi connectivity index (χ0v) is 11.7. The molecule has 106 valence electrons. The highest BCUT2D eigenvalue weighted by Gasteiger charge is 2.02. The minimum atomic E-state index is -0.505. The molecular weight excluding hydrogens is 290 g/mol. The first kappa shape index (κ1) is 13.5. The van der Waals surface area contributed by atoms with Crippen molar-refractivity contribution in [1.82, 2.24) is 9.97 Å². The highest BCUT2D eigenvalue weighted by atomic mass is 35.5. The lowest BCUT2D eigenvalue weighted by Crippen LogP contribution is -2.21. The van der Waals surface area contributed by atoms with E-state index in [4.69, 9.17) is 11.6 Å². The Morgan fingerprint density at radius 1 is 1.00 bits per heavy atom. The number of fused-ring (bicyclic) bond motifs is 1. The van der Waals surface area contributed by atoms with Gasteiger partial charge >= 0.3 is 5.69 Å². The van der Waals surface area contributed by atoms with E-state index in [1.165, 1.54) is 0 Å². The van der Waals surface area contributed by atoms with Crippen LogP contribution in [-0.2, 0) is 6.54 Å². The molecule has 0 aliphatic carbocycles. The smallest absolute Gasteiger partial charge is 0.326 e. The van der Waals surface area contributed by atoms with Crippen molar-refractivity contribution in [2.45, 2.75) is 6.54 Å². The van der Waals surface area contributed by atoms with Crippen LogP contribution in [0.1, 0.15) is 5.56 Å². The number of halogens is 1. The first-order valence-corrected chi connectivity index (χ1v) is 6.74. The van der Waals surface area contributed by atoms with Crippen LogP contribution in [0.4, 0.5) is 5.69 Å². The molecule has 0 aliphatic heterocycles. The van der Waals surface area contributed by atoms with Crippen molar-refractivity contribution in [3.05, 3.63) is 73.9 Å². The van der Waals surface area contributed by atoms with E-state index in [2.05, 4.69) is 15.3 Å². The maximum atomic E-state index is 11.7. The number of nitrogens with one attached hydrogen (secondary N) is 3. The molecule has 0 atom stereocenters. The lowest BCUT2D eigenvalue weighted by Gasteiger charge is -2.07. The molecule has 5 nitrogen and oxygen atoms in total. The monoisotopic (exact) mass is 301 g/mol. The highest BCUT2D eigenvalue weighted by Crippen LogP contribution is 2.15. The summed E-state index contributed by atoms with van der Waals surface area (Å²) in [7, 11) is 0. The van der Waals surface area contributed by atoms with E-state index in [0.29, 0.717) is 22.5 Å². The SMILES string of the molecule is O=c1[nH]c(=O)c2cc(NCc3ccc(Cl)cc3)ccc2[nH]1. The second-order valence-corrected chi connectivity index (χ2v) is 5.09. The molecule has 0 saturated carbocycles. The molecule has 6 heteroatoms. The topological polar surface area (TPSA) is 77.8 Å². The van der Waals surface area contributed by atoms with Gasteiger partial charge in [0.25, 0.3) is 5.56 Å². The molecule has 0 radical (unpaired) electrons. The molecule has 0 spiro atoms. The van der Waals surface area contributed by atoms with Crippen LogP contribution in [0.3, 0.4) is 0 Å². The minimum Gasteiger partial charge on any atom is -0.381 e. The fraction of sp³-hybridized carbons (Fsp3) is 0.0667. The molecule has 0 aliphatic rings. The molecule has 2 aromatic carbocycles. The van der Waals surface area contributed by atoms with Crippen LogP contribution in [0, 0.1) is 0 Å². The van der Waals surface area contributed by atoms with Crippen molar-refractivity contribution < 1.29 is 0 Å². The van der Waals surface area contributed by atoms with Gasteiger partial charge in [0.15, 0.2) is 0 Å². The summed E-state index contributed by atoms with van der Waals surface area (Å²) in [5.74, 6) is 0. The van der Waals surface area contributed by atoms with Crippen LogP contribution in [-0.4, -0.2) is 9.97 Å². The van der Waals surface area contributed by atoms with E-state index in [1.807, 2.05) is 30.3 Å². The summed E-state index contributed by atoms with van der Waals surface area (Å²) >= 11 is 5.84. The van der Waals surface area contributed by atoms with E-state index < -0.39 is 11.2 Å². The number of benzene rings is 2. The third kappa shape index (κ3) is 2.98. The van der Waals surface area contributed by atoms with Crippen molar-refractivity contribution in [3.63, 3.8) is 0 Å². The average Bonchev–Trinajstić information content (AvgIpc) is 2.47. The summed E-state index contributed by atoms with van der Waals surface area (Å²) in [6.45, 7) is 0.615. The van der Waals surface area contributed by atoms with Crippen LogP contribution < -0.4 is 16.6 Å². The number of hydrogen-bond acceptors (Lipinski definition) is 3. The lowest BCUT2D eigenvalue weighted by molar-refractivity contribution is 1.08. The van der Waals surface area contributed by atoms with Gasteiger partial charge in [0.05, 0.1) is 10.9 Å². The van der Waals surface area contributed by atoms with Crippen LogP contribution in [0.2, 0.25) is 5.02 Å². The number of anilines is 1. The molecule has 21 heavy (non-hydrogen) atoms. The summed E-state index contributed by atoms with van der Waals surface area (Å²) in [5, 5.41) is 4.36. The van der Waals surface area contributed by atoms with Gasteiger partial charge in [0, 0.05) is 17.3 Å². The molecule has 0 fully saturated rings. The fourth-order valence-corrected chi connectivity index (χ4v) is 2.21. The predicted octanol–water partition coefficient (Wildman–Crippen LogP) is 2.48. The second kappa shape index (κ2) is 5.46. The van der Waals surface area contributed by atoms with Crippen LogP contribution in [0.5, 0.6) is 0 Å². The van der Waals surface area contributed by atoms with E-state index in [9.17, 15) is 9.59 Å². The third-order valence-corrected chi connectivity index (χ3v) is 3.40. The number of rotatable bonds is 3. The lowest BCUT2D eigenvalue weighted by atomic mass is 10.2. The van der Waals surface area contributed by atoms with E-state index in [1.54, 1.807) is 12.1 Å². The van der Waals surface area contributed by atoms with Crippen molar-refractivity contribution in [2.75, 3.05) is 5.32 Å². The largest absolute Gasteiger partial charge is 0.381 e. The Morgan fingerprint density at radius 2 is 1.76 bits per heavy atom. The molecule has 0 saturated heterocycles. The number of hydrogen-bond donors (Lipinski definition) is 3. The minimum absolute atomic E-state index is 0.399. The van der Waals surface area contributed by atoms with Gasteiger partial charge in [0.2, 0.25) is 0 Å². The standard InChI is InChI=1S/C15H12ClN3O2/c16-10-3-1-9(2-4-10)8-17-11-5-6-13-12(7-11)14(20)19-15(21)18-13/h1-7,17H,8H2,(H2,18,19,20,21). The summed E-state index contributed by atoms with van der Waals surface area (Å²) < 4.78 is 0. The molecule has 3 aromatic rings. The van der Waals surface area contributed by atoms with Crippen LogP contribution in [0.25, 0.3) is 10.9 Å². The highest BCUT2D eigenvalue weighted by molar-refractivity contribution is 6.30. The van der Waals surface area contributed by atoms with Crippen LogP contribution in [0.15, 0.2) is 52.1 Å². The van der Waals surface area contributed by atoms with Crippen molar-refractivity contribution >= 4 is 28.2 Å². The maximum absolute atomic E-state index is 11.7. The van der Waals surface area contributed by atoms with E-state index >= 15 is 0 Å². The van der Waals surface area contributed by atoms with Gasteiger partial charge in [-0.15, -0.1) is 0 Å². The first-order chi connectivity index (χ1) is 10.1. The van der Waals surface area contributed by atoms with Crippen molar-refractivity contribution in [2.24, 2.45) is 0 Å². The molecule has 3 N–H and O–H groups in total. The normalized spacial score (nSPS) is 10.7. The second-order valence-electron chi connectivity index (χ2n) is 4.65. The van der Waals surface area contributed by atoms with Crippen molar-refractivity contribution in [1.29, 1.82) is 0 Å². The molecule has 1 aromatic heterocycles. The average molecular weight is 302 g/mol. The van der Waals surface area contributed by atoms with Gasteiger partial charge in [-0.2, -0.15) is 0 Å². The molecule has 0 unspecified atom stereocenters. The predicted molar refractivity (Wildman–Crippen MR) is 84.0 cm³/mol. The number of aromatic amines is 2. The summed E-state index contributed by atoms with van der Waals surface area (Å²) in [6, 6.07) is 12.7. The Balaban J connectivity index is 1.86. The van der Waals surface area contributed by atoms with Crippen LogP contribution >= 0.6 is 11.6 Å². The Bertz CT molecular complexity index is 897. The third-order valence-electron chi connectivity index (χ3n) is 3.15. The van der Waals surface area contributed by atoms with Gasteiger partial charge in [-0.1, -0.05) is 23.7 Å². The molecule has 0 amide bonds. The summed E-state index contributed by atoms with van der Waals surface area (Å²) in [6.07, 6.45) is 0. The quantitative estimate of drug-likeness (QED) is 0.695. The fourth-order valence-electron chi connectivity index (χ4n) is 2.08. The molecular formula is C15H12ClN3O2. The van der Waals surface area contributed by atoms with Crippen molar-refractivity contribution in [3.8, 4) is 0 Å². The Labute approximate surface area is 124 Å². The Morgan fingerprint density at radius 3 is 2.52 bits per heavy atom.